The lowest BCUT2D eigenvalue weighted by atomic mass is 9.65. The summed E-state index contributed by atoms with van der Waals surface area (Å²) < 4.78 is 0.991. The highest BCUT2D eigenvalue weighted by Gasteiger charge is 2.39. The van der Waals surface area contributed by atoms with E-state index in [4.69, 9.17) is 5.73 Å². The van der Waals surface area contributed by atoms with Crippen LogP contribution in [-0.4, -0.2) is 11.5 Å². The van der Waals surface area contributed by atoms with E-state index < -0.39 is 0 Å². The standard InChI is InChI=1S/C9H13BrN2S/c10-8-12-7(6-13-8)9(4-5-11)2-1-3-9/h6H,1-5,11H2. The SMILES string of the molecule is NCCC1(c2csc(Br)n2)CCC1. The van der Waals surface area contributed by atoms with Crippen molar-refractivity contribution in [2.75, 3.05) is 6.54 Å². The van der Waals surface area contributed by atoms with Gasteiger partial charge in [0.15, 0.2) is 3.92 Å². The normalized spacial score (nSPS) is 19.8. The Labute approximate surface area is 90.7 Å². The quantitative estimate of drug-likeness (QED) is 0.908. The molecule has 72 valence electrons. The first-order valence-electron chi connectivity index (χ1n) is 4.58. The van der Waals surface area contributed by atoms with Crippen molar-refractivity contribution in [2.24, 2.45) is 5.73 Å². The molecule has 0 amide bonds. The highest BCUT2D eigenvalue weighted by atomic mass is 79.9. The summed E-state index contributed by atoms with van der Waals surface area (Å²) in [6.07, 6.45) is 4.94. The fourth-order valence-electron chi connectivity index (χ4n) is 2.01. The molecular weight excluding hydrogens is 248 g/mol. The molecule has 1 heterocycles. The van der Waals surface area contributed by atoms with E-state index in [0.29, 0.717) is 5.41 Å². The van der Waals surface area contributed by atoms with Gasteiger partial charge >= 0.3 is 0 Å². The van der Waals surface area contributed by atoms with Crippen LogP contribution in [0, 0.1) is 0 Å². The van der Waals surface area contributed by atoms with Gasteiger partial charge in [-0.3, -0.25) is 0 Å². The lowest BCUT2D eigenvalue weighted by Gasteiger charge is -2.40. The molecule has 0 aliphatic heterocycles. The van der Waals surface area contributed by atoms with Crippen LogP contribution in [0.5, 0.6) is 0 Å². The second-order valence-electron chi connectivity index (χ2n) is 3.66. The Kier molecular flexibility index (Phi) is 2.72. The Hall–Kier alpha value is 0.0700. The molecule has 1 aromatic heterocycles. The summed E-state index contributed by atoms with van der Waals surface area (Å²) in [5, 5.41) is 2.17. The van der Waals surface area contributed by atoms with E-state index >= 15 is 0 Å². The Morgan fingerprint density at radius 2 is 2.38 bits per heavy atom. The van der Waals surface area contributed by atoms with E-state index in [1.807, 2.05) is 0 Å². The average molecular weight is 261 g/mol. The van der Waals surface area contributed by atoms with Crippen LogP contribution in [-0.2, 0) is 5.41 Å². The highest BCUT2D eigenvalue weighted by Crippen LogP contribution is 2.46. The predicted octanol–water partition coefficient (Wildman–Crippen LogP) is 2.68. The lowest BCUT2D eigenvalue weighted by Crippen LogP contribution is -2.36. The fraction of sp³-hybridized carbons (Fsp3) is 0.667. The molecule has 0 radical (unpaired) electrons. The summed E-state index contributed by atoms with van der Waals surface area (Å²) in [6, 6.07) is 0. The molecule has 1 aliphatic rings. The molecule has 0 spiro atoms. The van der Waals surface area contributed by atoms with Crippen molar-refractivity contribution in [2.45, 2.75) is 31.1 Å². The van der Waals surface area contributed by atoms with Crippen LogP contribution >= 0.6 is 27.3 Å². The van der Waals surface area contributed by atoms with Gasteiger partial charge < -0.3 is 5.73 Å². The number of hydrogen-bond acceptors (Lipinski definition) is 3. The molecule has 2 nitrogen and oxygen atoms in total. The van der Waals surface area contributed by atoms with Crippen LogP contribution in [0.2, 0.25) is 0 Å². The molecule has 0 saturated heterocycles. The van der Waals surface area contributed by atoms with Crippen LogP contribution in [0.15, 0.2) is 9.30 Å². The van der Waals surface area contributed by atoms with Crippen molar-refractivity contribution in [3.05, 3.63) is 15.0 Å². The third-order valence-corrected chi connectivity index (χ3v) is 4.32. The summed E-state index contributed by atoms with van der Waals surface area (Å²) in [6.45, 7) is 0.773. The third-order valence-electron chi connectivity index (χ3n) is 2.95. The molecule has 0 aromatic carbocycles. The number of nitrogens with zero attached hydrogens (tertiary/aromatic N) is 1. The topological polar surface area (TPSA) is 38.9 Å². The van der Waals surface area contributed by atoms with Crippen LogP contribution in [0.4, 0.5) is 0 Å². The molecule has 1 aromatic rings. The first-order valence-corrected chi connectivity index (χ1v) is 6.26. The number of hydrogen-bond donors (Lipinski definition) is 1. The molecule has 4 heteroatoms. The van der Waals surface area contributed by atoms with Crippen molar-refractivity contribution >= 4 is 27.3 Å². The second kappa shape index (κ2) is 3.67. The van der Waals surface area contributed by atoms with E-state index in [1.165, 1.54) is 25.0 Å². The molecular formula is C9H13BrN2S. The maximum Gasteiger partial charge on any atom is 0.159 e. The number of rotatable bonds is 3. The minimum atomic E-state index is 0.331. The zero-order chi connectivity index (χ0) is 9.31. The van der Waals surface area contributed by atoms with Crippen LogP contribution in [0.3, 0.4) is 0 Å². The lowest BCUT2D eigenvalue weighted by molar-refractivity contribution is 0.223. The third kappa shape index (κ3) is 1.67. The Bertz CT molecular complexity index is 294. The second-order valence-corrected chi connectivity index (χ2v) is 5.79. The maximum absolute atomic E-state index is 5.63. The van der Waals surface area contributed by atoms with Crippen LogP contribution in [0.25, 0.3) is 0 Å². The average Bonchev–Trinajstić information content (AvgIpc) is 2.44. The molecule has 0 bridgehead atoms. The summed E-state index contributed by atoms with van der Waals surface area (Å²) in [5.74, 6) is 0. The van der Waals surface area contributed by atoms with Gasteiger partial charge in [-0.2, -0.15) is 0 Å². The molecule has 0 atom stereocenters. The summed E-state index contributed by atoms with van der Waals surface area (Å²) in [7, 11) is 0. The van der Waals surface area contributed by atoms with Gasteiger partial charge in [-0.25, -0.2) is 4.98 Å². The predicted molar refractivity (Wildman–Crippen MR) is 59.0 cm³/mol. The number of nitrogens with two attached hydrogens (primary N) is 1. The smallest absolute Gasteiger partial charge is 0.159 e. The molecule has 1 fully saturated rings. The van der Waals surface area contributed by atoms with E-state index in [2.05, 4.69) is 26.3 Å². The van der Waals surface area contributed by atoms with E-state index in [-0.39, 0.29) is 0 Å². The van der Waals surface area contributed by atoms with Gasteiger partial charge in [0.05, 0.1) is 5.69 Å². The van der Waals surface area contributed by atoms with Gasteiger partial charge in [-0.15, -0.1) is 11.3 Å². The summed E-state index contributed by atoms with van der Waals surface area (Å²) in [4.78, 5) is 4.50. The molecule has 2 rings (SSSR count). The highest BCUT2D eigenvalue weighted by molar-refractivity contribution is 9.11. The molecule has 13 heavy (non-hydrogen) atoms. The van der Waals surface area contributed by atoms with Crippen molar-refractivity contribution in [3.8, 4) is 0 Å². The molecule has 1 saturated carbocycles. The number of aromatic nitrogens is 1. The van der Waals surface area contributed by atoms with E-state index in [9.17, 15) is 0 Å². The minimum Gasteiger partial charge on any atom is -0.330 e. The number of halogens is 1. The van der Waals surface area contributed by atoms with Gasteiger partial charge in [0.1, 0.15) is 0 Å². The largest absolute Gasteiger partial charge is 0.330 e. The van der Waals surface area contributed by atoms with E-state index in [1.54, 1.807) is 11.3 Å². The first kappa shape index (κ1) is 9.62. The molecule has 2 N–H and O–H groups in total. The Morgan fingerprint density at radius 3 is 2.77 bits per heavy atom. The van der Waals surface area contributed by atoms with Crippen molar-refractivity contribution in [1.29, 1.82) is 0 Å². The van der Waals surface area contributed by atoms with Crippen molar-refractivity contribution < 1.29 is 0 Å². The Balaban J connectivity index is 2.21. The van der Waals surface area contributed by atoms with Gasteiger partial charge in [-0.05, 0) is 41.7 Å². The van der Waals surface area contributed by atoms with Crippen LogP contribution in [0.1, 0.15) is 31.4 Å². The van der Waals surface area contributed by atoms with E-state index in [0.717, 1.165) is 16.9 Å². The van der Waals surface area contributed by atoms with Gasteiger partial charge in [0.25, 0.3) is 0 Å². The molecule has 0 unspecified atom stereocenters. The van der Waals surface area contributed by atoms with Gasteiger partial charge in [0.2, 0.25) is 0 Å². The first-order chi connectivity index (χ1) is 6.27. The zero-order valence-corrected chi connectivity index (χ0v) is 9.83. The summed E-state index contributed by atoms with van der Waals surface area (Å²) >= 11 is 5.08. The van der Waals surface area contributed by atoms with Gasteiger partial charge in [0, 0.05) is 10.8 Å². The number of thiazole rings is 1. The monoisotopic (exact) mass is 260 g/mol. The Morgan fingerprint density at radius 1 is 1.62 bits per heavy atom. The van der Waals surface area contributed by atoms with Crippen LogP contribution < -0.4 is 5.73 Å². The minimum absolute atomic E-state index is 0.331. The summed E-state index contributed by atoms with van der Waals surface area (Å²) in [5.41, 5.74) is 7.21. The zero-order valence-electron chi connectivity index (χ0n) is 7.42. The van der Waals surface area contributed by atoms with Crippen molar-refractivity contribution in [1.82, 2.24) is 4.98 Å². The van der Waals surface area contributed by atoms with Gasteiger partial charge in [-0.1, -0.05) is 6.42 Å². The fourth-order valence-corrected chi connectivity index (χ4v) is 3.14. The maximum atomic E-state index is 5.63. The molecule has 1 aliphatic carbocycles. The van der Waals surface area contributed by atoms with Crippen molar-refractivity contribution in [3.63, 3.8) is 0 Å².